The molecule has 2 saturated carbocycles. The zero-order chi connectivity index (χ0) is 17.6. The Kier molecular flexibility index (Phi) is 4.02. The van der Waals surface area contributed by atoms with E-state index in [9.17, 15) is 9.59 Å². The van der Waals surface area contributed by atoms with E-state index in [0.717, 1.165) is 37.7 Å². The molecule has 2 aliphatic carbocycles. The quantitative estimate of drug-likeness (QED) is 0.759. The predicted octanol–water partition coefficient (Wildman–Crippen LogP) is 3.88. The van der Waals surface area contributed by atoms with Crippen LogP contribution < -0.4 is 15.4 Å². The number of nitrogens with one attached hydrogen (secondary N) is 2. The van der Waals surface area contributed by atoms with E-state index in [1.165, 1.54) is 0 Å². The lowest BCUT2D eigenvalue weighted by molar-refractivity contribution is -0.147. The molecular weight excluding hydrogens is 344 g/mol. The van der Waals surface area contributed by atoms with Crippen molar-refractivity contribution in [2.75, 3.05) is 5.32 Å². The largest absolute Gasteiger partial charge is 0.490 e. The molecule has 0 saturated heterocycles. The lowest BCUT2D eigenvalue weighted by Crippen LogP contribution is -2.53. The van der Waals surface area contributed by atoms with Gasteiger partial charge in [0.05, 0.1) is 22.2 Å². The van der Waals surface area contributed by atoms with Gasteiger partial charge in [-0.15, -0.1) is 0 Å². The van der Waals surface area contributed by atoms with E-state index in [0.29, 0.717) is 29.3 Å². The van der Waals surface area contributed by atoms with Gasteiger partial charge in [-0.25, -0.2) is 4.79 Å². The molecule has 0 unspecified atom stereocenters. The van der Waals surface area contributed by atoms with Gasteiger partial charge in [-0.05, 0) is 37.8 Å². The maximum atomic E-state index is 12.2. The van der Waals surface area contributed by atoms with E-state index >= 15 is 0 Å². The van der Waals surface area contributed by atoms with E-state index in [2.05, 4.69) is 10.6 Å². The van der Waals surface area contributed by atoms with E-state index in [1.54, 1.807) is 6.07 Å². The molecule has 134 valence electrons. The first kappa shape index (κ1) is 16.5. The van der Waals surface area contributed by atoms with Gasteiger partial charge in [0.2, 0.25) is 0 Å². The molecule has 0 atom stereocenters. The van der Waals surface area contributed by atoms with Crippen molar-refractivity contribution in [2.24, 2.45) is 5.92 Å². The number of benzene rings is 1. The molecule has 2 fully saturated rings. The second-order valence-electron chi connectivity index (χ2n) is 7.26. The van der Waals surface area contributed by atoms with Crippen LogP contribution in [0.3, 0.4) is 0 Å². The molecule has 1 spiro atoms. The summed E-state index contributed by atoms with van der Waals surface area (Å²) in [5, 5.41) is 15.5. The summed E-state index contributed by atoms with van der Waals surface area (Å²) in [6.45, 7) is 0. The normalized spacial score (nSPS) is 26.8. The molecule has 0 aromatic heterocycles. The number of hydrogen-bond acceptors (Lipinski definition) is 3. The highest BCUT2D eigenvalue weighted by molar-refractivity contribution is 6.34. The summed E-state index contributed by atoms with van der Waals surface area (Å²) in [5.41, 5.74) is 1.09. The fourth-order valence-electron chi connectivity index (χ4n) is 4.25. The number of fused-ring (bicyclic) bond motifs is 2. The molecule has 1 heterocycles. The molecule has 0 bridgehead atoms. The molecule has 1 aliphatic heterocycles. The minimum Gasteiger partial charge on any atom is -0.490 e. The highest BCUT2D eigenvalue weighted by Crippen LogP contribution is 2.50. The summed E-state index contributed by atoms with van der Waals surface area (Å²) in [5.74, 6) is -0.395. The maximum absolute atomic E-state index is 12.2. The Labute approximate surface area is 150 Å². The van der Waals surface area contributed by atoms with Crippen molar-refractivity contribution in [3.63, 3.8) is 0 Å². The molecule has 2 amide bonds. The number of halogens is 1. The van der Waals surface area contributed by atoms with E-state index in [1.807, 2.05) is 6.07 Å². The number of ether oxygens (including phenoxy) is 1. The summed E-state index contributed by atoms with van der Waals surface area (Å²) in [4.78, 5) is 23.2. The molecule has 0 radical (unpaired) electrons. The highest BCUT2D eigenvalue weighted by Gasteiger charge is 2.44. The Hall–Kier alpha value is -1.95. The Bertz CT molecular complexity index is 724. The van der Waals surface area contributed by atoms with Gasteiger partial charge in [0.25, 0.3) is 0 Å². The zero-order valence-corrected chi connectivity index (χ0v) is 14.6. The molecule has 1 aromatic carbocycles. The molecule has 3 N–H and O–H groups in total. The number of hydrogen-bond donors (Lipinski definition) is 3. The van der Waals surface area contributed by atoms with Crippen molar-refractivity contribution < 1.29 is 19.4 Å². The molecule has 6 nitrogen and oxygen atoms in total. The van der Waals surface area contributed by atoms with Crippen LogP contribution in [0.15, 0.2) is 12.1 Å². The van der Waals surface area contributed by atoms with Gasteiger partial charge in [-0.2, -0.15) is 0 Å². The van der Waals surface area contributed by atoms with Crippen LogP contribution in [0.4, 0.5) is 10.5 Å². The fraction of sp³-hybridized carbons (Fsp3) is 0.556. The number of carboxylic acid groups (broad SMARTS) is 1. The number of urea groups is 1. The van der Waals surface area contributed by atoms with Crippen molar-refractivity contribution in [2.45, 2.75) is 56.6 Å². The predicted molar refractivity (Wildman–Crippen MR) is 93.1 cm³/mol. The first-order chi connectivity index (χ1) is 12.0. The molecule has 4 rings (SSSR count). The van der Waals surface area contributed by atoms with E-state index < -0.39 is 11.5 Å². The van der Waals surface area contributed by atoms with Crippen LogP contribution in [0, 0.1) is 5.92 Å². The Morgan fingerprint density at radius 1 is 1.24 bits per heavy atom. The summed E-state index contributed by atoms with van der Waals surface area (Å²) in [6.07, 6.45) is 5.86. The molecular formula is C18H21ClN2O4. The summed E-state index contributed by atoms with van der Waals surface area (Å²) < 4.78 is 6.13. The van der Waals surface area contributed by atoms with Gasteiger partial charge in [-0.1, -0.05) is 30.9 Å². The first-order valence-corrected chi connectivity index (χ1v) is 9.18. The van der Waals surface area contributed by atoms with Gasteiger partial charge in [0, 0.05) is 5.56 Å². The Morgan fingerprint density at radius 3 is 2.64 bits per heavy atom. The van der Waals surface area contributed by atoms with Crippen LogP contribution in [-0.2, 0) is 10.3 Å². The molecule has 25 heavy (non-hydrogen) atoms. The molecule has 1 aromatic rings. The average molecular weight is 365 g/mol. The SMILES string of the molecule is O=C1Nc2c(Cl)ccc(O[C@H]3C[C@@H](C(=O)O)C3)c2C2(CCCCC2)N1. The minimum atomic E-state index is -0.768. The van der Waals surface area contributed by atoms with Crippen LogP contribution in [-0.4, -0.2) is 23.2 Å². The van der Waals surface area contributed by atoms with Gasteiger partial charge in [0.15, 0.2) is 0 Å². The number of anilines is 1. The standard InChI is InChI=1S/C18H21ClN2O4/c19-12-4-5-13(25-11-8-10(9-11)16(22)23)14-15(12)20-17(24)21-18(14)6-2-1-3-7-18/h4-5,10-11H,1-3,6-9H2,(H,22,23)(H2,20,21,24)/t10-,11+. The van der Waals surface area contributed by atoms with Crippen molar-refractivity contribution in [3.8, 4) is 5.75 Å². The average Bonchev–Trinajstić information content (AvgIpc) is 2.53. The van der Waals surface area contributed by atoms with Crippen LogP contribution >= 0.6 is 11.6 Å². The maximum Gasteiger partial charge on any atom is 0.319 e. The molecule has 3 aliphatic rings. The monoisotopic (exact) mass is 364 g/mol. The summed E-state index contributed by atoms with van der Waals surface area (Å²) in [6, 6.07) is 3.33. The number of aliphatic carboxylic acids is 1. The topological polar surface area (TPSA) is 87.7 Å². The van der Waals surface area contributed by atoms with Gasteiger partial charge < -0.3 is 20.5 Å². The van der Waals surface area contributed by atoms with Crippen LogP contribution in [0.1, 0.15) is 50.5 Å². The van der Waals surface area contributed by atoms with Crippen molar-refractivity contribution in [3.05, 3.63) is 22.7 Å². The van der Waals surface area contributed by atoms with Crippen molar-refractivity contribution in [1.82, 2.24) is 5.32 Å². The van der Waals surface area contributed by atoms with Crippen molar-refractivity contribution in [1.29, 1.82) is 0 Å². The van der Waals surface area contributed by atoms with Gasteiger partial charge >= 0.3 is 12.0 Å². The summed E-state index contributed by atoms with van der Waals surface area (Å²) in [7, 11) is 0. The summed E-state index contributed by atoms with van der Waals surface area (Å²) >= 11 is 6.36. The minimum absolute atomic E-state index is 0.107. The zero-order valence-electron chi connectivity index (χ0n) is 13.8. The van der Waals surface area contributed by atoms with Gasteiger partial charge in [-0.3, -0.25) is 4.79 Å². The van der Waals surface area contributed by atoms with Crippen LogP contribution in [0.25, 0.3) is 0 Å². The highest BCUT2D eigenvalue weighted by atomic mass is 35.5. The van der Waals surface area contributed by atoms with Crippen LogP contribution in [0.5, 0.6) is 5.75 Å². The number of carbonyl (C=O) groups excluding carboxylic acids is 1. The Balaban J connectivity index is 1.68. The van der Waals surface area contributed by atoms with Crippen LogP contribution in [0.2, 0.25) is 5.02 Å². The van der Waals surface area contributed by atoms with Gasteiger partial charge in [0.1, 0.15) is 11.9 Å². The third-order valence-corrected chi connectivity index (χ3v) is 5.95. The second-order valence-corrected chi connectivity index (χ2v) is 7.67. The van der Waals surface area contributed by atoms with E-state index in [4.69, 9.17) is 21.4 Å². The number of amides is 2. The Morgan fingerprint density at radius 2 is 1.96 bits per heavy atom. The first-order valence-electron chi connectivity index (χ1n) is 8.80. The fourth-order valence-corrected chi connectivity index (χ4v) is 4.46. The van der Waals surface area contributed by atoms with E-state index in [-0.39, 0.29) is 18.1 Å². The molecule has 7 heteroatoms. The number of carboxylic acids is 1. The number of rotatable bonds is 3. The van der Waals surface area contributed by atoms with Crippen molar-refractivity contribution >= 4 is 29.3 Å². The lowest BCUT2D eigenvalue weighted by atomic mass is 9.74. The second kappa shape index (κ2) is 6.09. The third kappa shape index (κ3) is 2.82. The third-order valence-electron chi connectivity index (χ3n) is 5.63. The smallest absolute Gasteiger partial charge is 0.319 e. The number of carbonyl (C=O) groups is 2. The lowest BCUT2D eigenvalue weighted by Gasteiger charge is -2.44.